The Morgan fingerprint density at radius 2 is 1.78 bits per heavy atom. The Morgan fingerprint density at radius 3 is 2.44 bits per heavy atom. The number of piperidine rings is 1. The van der Waals surface area contributed by atoms with E-state index < -0.39 is 0 Å². The van der Waals surface area contributed by atoms with E-state index in [0.29, 0.717) is 12.1 Å². The molecule has 0 spiro atoms. The predicted octanol–water partition coefficient (Wildman–Crippen LogP) is 2.72. The third-order valence-corrected chi connectivity index (χ3v) is 3.56. The van der Waals surface area contributed by atoms with Crippen molar-refractivity contribution in [2.75, 3.05) is 25.4 Å². The van der Waals surface area contributed by atoms with Crippen LogP contribution in [0.1, 0.15) is 42.5 Å². The molecule has 0 unspecified atom stereocenters. The van der Waals surface area contributed by atoms with Crippen LogP contribution in [0.15, 0.2) is 24.3 Å². The van der Waals surface area contributed by atoms with Crippen LogP contribution in [0.4, 0.5) is 5.69 Å². The molecular weight excluding hydrogens is 224 g/mol. The van der Waals surface area contributed by atoms with Crippen molar-refractivity contribution in [3.05, 3.63) is 29.8 Å². The molecule has 18 heavy (non-hydrogen) atoms. The molecule has 2 N–H and O–H groups in total. The van der Waals surface area contributed by atoms with Gasteiger partial charge in [0.1, 0.15) is 0 Å². The van der Waals surface area contributed by atoms with Crippen LogP contribution in [0.5, 0.6) is 0 Å². The van der Waals surface area contributed by atoms with Crippen molar-refractivity contribution in [2.24, 2.45) is 0 Å². The first-order valence-electron chi connectivity index (χ1n) is 6.87. The molecule has 1 saturated heterocycles. The van der Waals surface area contributed by atoms with Crippen molar-refractivity contribution < 1.29 is 4.79 Å². The summed E-state index contributed by atoms with van der Waals surface area (Å²) in [4.78, 5) is 14.4. The van der Waals surface area contributed by atoms with Crippen molar-refractivity contribution in [1.29, 1.82) is 0 Å². The van der Waals surface area contributed by atoms with Crippen molar-refractivity contribution in [1.82, 2.24) is 4.90 Å². The molecule has 1 aromatic rings. The molecule has 0 aliphatic carbocycles. The SMILES string of the molecule is Nc1ccc(C(=O)CCCN2CCCCC2)cc1. The Balaban J connectivity index is 1.72. The standard InChI is InChI=1S/C15H22N2O/c16-14-8-6-13(7-9-14)15(18)5-4-12-17-10-2-1-3-11-17/h6-9H,1-5,10-12,16H2. The predicted molar refractivity (Wildman–Crippen MR) is 74.7 cm³/mol. The summed E-state index contributed by atoms with van der Waals surface area (Å²) in [6, 6.07) is 7.22. The number of carbonyl (C=O) groups excluding carboxylic acids is 1. The van der Waals surface area contributed by atoms with Gasteiger partial charge in [-0.3, -0.25) is 4.79 Å². The quantitative estimate of drug-likeness (QED) is 0.642. The van der Waals surface area contributed by atoms with Gasteiger partial charge >= 0.3 is 0 Å². The molecule has 3 nitrogen and oxygen atoms in total. The number of Topliss-reactive ketones (excluding diaryl/α,β-unsaturated/α-hetero) is 1. The van der Waals surface area contributed by atoms with Crippen LogP contribution in [-0.2, 0) is 0 Å². The summed E-state index contributed by atoms with van der Waals surface area (Å²) in [5.41, 5.74) is 7.10. The molecule has 0 bridgehead atoms. The lowest BCUT2D eigenvalue weighted by Gasteiger charge is -2.26. The highest BCUT2D eigenvalue weighted by Crippen LogP contribution is 2.12. The molecule has 2 rings (SSSR count). The third kappa shape index (κ3) is 3.84. The summed E-state index contributed by atoms with van der Waals surface area (Å²) < 4.78 is 0. The van der Waals surface area contributed by atoms with Crippen LogP contribution in [-0.4, -0.2) is 30.3 Å². The molecule has 1 aliphatic heterocycles. The molecule has 0 radical (unpaired) electrons. The van der Waals surface area contributed by atoms with Crippen LogP contribution in [0.2, 0.25) is 0 Å². The second-order valence-corrected chi connectivity index (χ2v) is 5.05. The number of nitrogens with two attached hydrogens (primary N) is 1. The van der Waals surface area contributed by atoms with Gasteiger partial charge in [0, 0.05) is 17.7 Å². The van der Waals surface area contributed by atoms with E-state index in [1.807, 2.05) is 12.1 Å². The molecule has 1 aliphatic rings. The van der Waals surface area contributed by atoms with E-state index in [9.17, 15) is 4.79 Å². The topological polar surface area (TPSA) is 46.3 Å². The van der Waals surface area contributed by atoms with E-state index in [1.54, 1.807) is 12.1 Å². The number of nitrogen functional groups attached to an aromatic ring is 1. The molecule has 0 atom stereocenters. The number of hydrogen-bond donors (Lipinski definition) is 1. The fourth-order valence-corrected chi connectivity index (χ4v) is 2.46. The number of nitrogens with zero attached hydrogens (tertiary/aromatic N) is 1. The fourth-order valence-electron chi connectivity index (χ4n) is 2.46. The molecule has 1 fully saturated rings. The first-order valence-corrected chi connectivity index (χ1v) is 6.87. The van der Waals surface area contributed by atoms with E-state index in [1.165, 1.54) is 32.4 Å². The van der Waals surface area contributed by atoms with Gasteiger partial charge in [-0.05, 0) is 63.2 Å². The van der Waals surface area contributed by atoms with Gasteiger partial charge in [-0.25, -0.2) is 0 Å². The summed E-state index contributed by atoms with van der Waals surface area (Å²) in [7, 11) is 0. The minimum atomic E-state index is 0.229. The number of rotatable bonds is 5. The number of ketones is 1. The second kappa shape index (κ2) is 6.55. The lowest BCUT2D eigenvalue weighted by Crippen LogP contribution is -2.30. The minimum Gasteiger partial charge on any atom is -0.399 e. The largest absolute Gasteiger partial charge is 0.399 e. The molecule has 1 aromatic carbocycles. The Kier molecular flexibility index (Phi) is 4.76. The smallest absolute Gasteiger partial charge is 0.162 e. The van der Waals surface area contributed by atoms with Crippen LogP contribution in [0, 0.1) is 0 Å². The zero-order valence-electron chi connectivity index (χ0n) is 10.9. The molecule has 0 amide bonds. The van der Waals surface area contributed by atoms with Crippen LogP contribution in [0.25, 0.3) is 0 Å². The highest BCUT2D eigenvalue weighted by Gasteiger charge is 2.11. The molecule has 0 aromatic heterocycles. The van der Waals surface area contributed by atoms with Crippen molar-refractivity contribution in [3.63, 3.8) is 0 Å². The molecule has 98 valence electrons. The van der Waals surface area contributed by atoms with Gasteiger partial charge in [0.15, 0.2) is 5.78 Å². The monoisotopic (exact) mass is 246 g/mol. The van der Waals surface area contributed by atoms with E-state index in [4.69, 9.17) is 5.73 Å². The number of likely N-dealkylation sites (tertiary alicyclic amines) is 1. The summed E-state index contributed by atoms with van der Waals surface area (Å²) in [5, 5.41) is 0. The lowest BCUT2D eigenvalue weighted by molar-refractivity contribution is 0.0973. The van der Waals surface area contributed by atoms with Crippen LogP contribution >= 0.6 is 0 Å². The zero-order chi connectivity index (χ0) is 12.8. The Bertz CT molecular complexity index is 380. The molecule has 1 heterocycles. The average Bonchev–Trinajstić information content (AvgIpc) is 2.40. The zero-order valence-corrected chi connectivity index (χ0v) is 10.9. The van der Waals surface area contributed by atoms with Crippen LogP contribution in [0.3, 0.4) is 0 Å². The minimum absolute atomic E-state index is 0.229. The van der Waals surface area contributed by atoms with E-state index in [0.717, 1.165) is 18.5 Å². The molecular formula is C15H22N2O. The van der Waals surface area contributed by atoms with Crippen molar-refractivity contribution >= 4 is 11.5 Å². The van der Waals surface area contributed by atoms with E-state index >= 15 is 0 Å². The lowest BCUT2D eigenvalue weighted by atomic mass is 10.1. The van der Waals surface area contributed by atoms with Crippen molar-refractivity contribution in [3.8, 4) is 0 Å². The maximum Gasteiger partial charge on any atom is 0.162 e. The summed E-state index contributed by atoms with van der Waals surface area (Å²) in [6.45, 7) is 3.47. The first kappa shape index (κ1) is 13.1. The summed E-state index contributed by atoms with van der Waals surface area (Å²) >= 11 is 0. The normalized spacial score (nSPS) is 16.7. The first-order chi connectivity index (χ1) is 8.75. The highest BCUT2D eigenvalue weighted by atomic mass is 16.1. The van der Waals surface area contributed by atoms with E-state index in [-0.39, 0.29) is 5.78 Å². The van der Waals surface area contributed by atoms with Gasteiger partial charge in [0.2, 0.25) is 0 Å². The molecule has 0 saturated carbocycles. The van der Waals surface area contributed by atoms with E-state index in [2.05, 4.69) is 4.90 Å². The maximum atomic E-state index is 11.9. The highest BCUT2D eigenvalue weighted by molar-refractivity contribution is 5.96. The second-order valence-electron chi connectivity index (χ2n) is 5.05. The van der Waals surface area contributed by atoms with Crippen molar-refractivity contribution in [2.45, 2.75) is 32.1 Å². The van der Waals surface area contributed by atoms with Gasteiger partial charge in [-0.2, -0.15) is 0 Å². The summed E-state index contributed by atoms with van der Waals surface area (Å²) in [5.74, 6) is 0.229. The number of benzene rings is 1. The Labute approximate surface area is 109 Å². The maximum absolute atomic E-state index is 11.9. The van der Waals surface area contributed by atoms with Gasteiger partial charge in [0.05, 0.1) is 0 Å². The number of carbonyl (C=O) groups is 1. The number of anilines is 1. The molecule has 3 heteroatoms. The third-order valence-electron chi connectivity index (χ3n) is 3.56. The van der Waals surface area contributed by atoms with Crippen LogP contribution < -0.4 is 5.73 Å². The average molecular weight is 246 g/mol. The van der Waals surface area contributed by atoms with Gasteiger partial charge in [-0.1, -0.05) is 6.42 Å². The Hall–Kier alpha value is -1.35. The fraction of sp³-hybridized carbons (Fsp3) is 0.533. The Morgan fingerprint density at radius 1 is 1.11 bits per heavy atom. The van der Waals surface area contributed by atoms with Gasteiger partial charge in [0.25, 0.3) is 0 Å². The summed E-state index contributed by atoms with van der Waals surface area (Å²) in [6.07, 6.45) is 5.59. The van der Waals surface area contributed by atoms with Gasteiger partial charge in [-0.15, -0.1) is 0 Å². The number of hydrogen-bond acceptors (Lipinski definition) is 3. The van der Waals surface area contributed by atoms with Gasteiger partial charge < -0.3 is 10.6 Å².